The van der Waals surface area contributed by atoms with E-state index in [2.05, 4.69) is 31.1 Å². The number of hydrogen-bond donors (Lipinski definition) is 0. The largest absolute Gasteiger partial charge is 0.496 e. The Labute approximate surface area is 180 Å². The molecule has 1 aromatic heterocycles. The molecule has 2 heterocycles. The second-order valence-electron chi connectivity index (χ2n) is 6.21. The maximum atomic E-state index is 12.8. The number of carbonyl (C=O) groups excluding carboxylic acids is 1. The molecule has 148 valence electrons. The van der Waals surface area contributed by atoms with Gasteiger partial charge in [-0.2, -0.15) is 4.98 Å². The lowest BCUT2D eigenvalue weighted by Gasteiger charge is -2.30. The summed E-state index contributed by atoms with van der Waals surface area (Å²) in [6.45, 7) is 1.50. The Balaban J connectivity index is 2.01. The first-order valence-corrected chi connectivity index (χ1v) is 10.7. The molecular weight excluding hydrogens is 456 g/mol. The molecule has 1 aliphatic heterocycles. The molecule has 1 aliphatic rings. The molecule has 0 aliphatic carbocycles. The average Bonchev–Trinajstić information content (AvgIpc) is 2.87. The van der Waals surface area contributed by atoms with Crippen LogP contribution in [-0.4, -0.2) is 34.5 Å². The minimum absolute atomic E-state index is 0.185. The molecule has 0 fully saturated rings. The number of methoxy groups -OCH3 is 1. The zero-order valence-electron chi connectivity index (χ0n) is 15.9. The van der Waals surface area contributed by atoms with Gasteiger partial charge in [0.25, 0.3) is 0 Å². The maximum absolute atomic E-state index is 12.8. The Morgan fingerprint density at radius 2 is 2.03 bits per heavy atom. The zero-order valence-corrected chi connectivity index (χ0v) is 18.3. The first kappa shape index (κ1) is 19.7. The number of ether oxygens (including phenoxy) is 2. The number of nitrogens with zero attached hydrogens (tertiary/aromatic N) is 4. The van der Waals surface area contributed by atoms with Crippen molar-refractivity contribution in [3.63, 3.8) is 0 Å². The molecule has 29 heavy (non-hydrogen) atoms. The fourth-order valence-corrected chi connectivity index (χ4v) is 3.92. The summed E-state index contributed by atoms with van der Waals surface area (Å²) in [4.78, 5) is 18.9. The highest BCUT2D eigenvalue weighted by atomic mass is 79.9. The van der Waals surface area contributed by atoms with Gasteiger partial charge in [0.15, 0.2) is 5.69 Å². The van der Waals surface area contributed by atoms with Gasteiger partial charge >= 0.3 is 0 Å². The summed E-state index contributed by atoms with van der Waals surface area (Å²) in [5.41, 5.74) is 2.56. The van der Waals surface area contributed by atoms with E-state index in [4.69, 9.17) is 9.47 Å². The number of thioether (sulfide) groups is 1. The molecule has 0 saturated heterocycles. The SMILES string of the molecule is COc1ccc(Br)cc1[C@@H]1Oc2nc(SC)nnc2-c2ccccc2N1C(C)=O. The van der Waals surface area contributed by atoms with E-state index in [-0.39, 0.29) is 5.91 Å². The molecule has 9 heteroatoms. The molecule has 0 spiro atoms. The van der Waals surface area contributed by atoms with Crippen LogP contribution in [0.4, 0.5) is 5.69 Å². The van der Waals surface area contributed by atoms with Crippen molar-refractivity contribution in [3.05, 3.63) is 52.5 Å². The second kappa shape index (κ2) is 8.00. The van der Waals surface area contributed by atoms with Gasteiger partial charge in [0.1, 0.15) is 5.75 Å². The zero-order chi connectivity index (χ0) is 20.5. The molecule has 3 aromatic rings. The third kappa shape index (κ3) is 3.56. The number of benzene rings is 2. The van der Waals surface area contributed by atoms with Crippen molar-refractivity contribution in [2.45, 2.75) is 18.3 Å². The molecule has 2 aromatic carbocycles. The number of halogens is 1. The van der Waals surface area contributed by atoms with Crippen LogP contribution in [0.2, 0.25) is 0 Å². The number of hydrogen-bond acceptors (Lipinski definition) is 7. The van der Waals surface area contributed by atoms with Gasteiger partial charge in [-0.3, -0.25) is 9.69 Å². The summed E-state index contributed by atoms with van der Waals surface area (Å²) in [5, 5.41) is 8.97. The Bertz CT molecular complexity index is 1100. The minimum Gasteiger partial charge on any atom is -0.496 e. The van der Waals surface area contributed by atoms with Crippen LogP contribution >= 0.6 is 27.7 Å². The molecule has 7 nitrogen and oxygen atoms in total. The lowest BCUT2D eigenvalue weighted by atomic mass is 10.1. The van der Waals surface area contributed by atoms with E-state index in [1.807, 2.05) is 48.7 Å². The molecule has 0 saturated carbocycles. The Kier molecular flexibility index (Phi) is 5.42. The van der Waals surface area contributed by atoms with Crippen molar-refractivity contribution in [3.8, 4) is 22.9 Å². The number of anilines is 1. The van der Waals surface area contributed by atoms with Crippen LogP contribution in [0.5, 0.6) is 11.6 Å². The fraction of sp³-hybridized carbons (Fsp3) is 0.200. The normalized spacial score (nSPS) is 15.0. The minimum atomic E-state index is -0.797. The van der Waals surface area contributed by atoms with Crippen LogP contribution < -0.4 is 14.4 Å². The van der Waals surface area contributed by atoms with Crippen molar-refractivity contribution in [1.29, 1.82) is 0 Å². The van der Waals surface area contributed by atoms with E-state index in [1.165, 1.54) is 18.7 Å². The molecule has 1 atom stereocenters. The standard InChI is InChI=1S/C20H17BrN4O3S/c1-11(26)25-15-7-5-4-6-13(15)17-18(22-20(29-3)24-23-17)28-19(25)14-10-12(21)8-9-16(14)27-2/h4-10,19H,1-3H3/t19-/m0/s1. The number of rotatable bonds is 3. The van der Waals surface area contributed by atoms with E-state index in [1.54, 1.807) is 12.0 Å². The number of aromatic nitrogens is 3. The summed E-state index contributed by atoms with van der Waals surface area (Å²) in [7, 11) is 1.58. The molecule has 1 amide bonds. The smallest absolute Gasteiger partial charge is 0.247 e. The third-order valence-corrected chi connectivity index (χ3v) is 5.52. The second-order valence-corrected chi connectivity index (χ2v) is 7.90. The Morgan fingerprint density at radius 1 is 1.24 bits per heavy atom. The highest BCUT2D eigenvalue weighted by molar-refractivity contribution is 9.10. The van der Waals surface area contributed by atoms with Crippen molar-refractivity contribution in [1.82, 2.24) is 15.2 Å². The van der Waals surface area contributed by atoms with Crippen LogP contribution in [0.15, 0.2) is 52.1 Å². The highest BCUT2D eigenvalue weighted by Crippen LogP contribution is 2.45. The van der Waals surface area contributed by atoms with Crippen LogP contribution in [0.3, 0.4) is 0 Å². The van der Waals surface area contributed by atoms with Gasteiger partial charge in [-0.05, 0) is 30.5 Å². The van der Waals surface area contributed by atoms with Gasteiger partial charge in [0.2, 0.25) is 23.2 Å². The van der Waals surface area contributed by atoms with Crippen molar-refractivity contribution in [2.75, 3.05) is 18.3 Å². The van der Waals surface area contributed by atoms with E-state index >= 15 is 0 Å². The van der Waals surface area contributed by atoms with Crippen molar-refractivity contribution < 1.29 is 14.3 Å². The predicted molar refractivity (Wildman–Crippen MR) is 114 cm³/mol. The van der Waals surface area contributed by atoms with E-state index in [9.17, 15) is 4.79 Å². The first-order chi connectivity index (χ1) is 14.0. The number of amides is 1. The van der Waals surface area contributed by atoms with Gasteiger partial charge in [-0.1, -0.05) is 45.9 Å². The molecule has 0 unspecified atom stereocenters. The molecule has 4 rings (SSSR count). The van der Waals surface area contributed by atoms with Crippen LogP contribution in [0.25, 0.3) is 11.3 Å². The predicted octanol–water partition coefficient (Wildman–Crippen LogP) is 4.48. The Morgan fingerprint density at radius 3 is 2.76 bits per heavy atom. The van der Waals surface area contributed by atoms with E-state index < -0.39 is 6.23 Å². The monoisotopic (exact) mass is 472 g/mol. The lowest BCUT2D eigenvalue weighted by molar-refractivity contribution is -0.118. The number of para-hydroxylation sites is 1. The topological polar surface area (TPSA) is 77.4 Å². The summed E-state index contributed by atoms with van der Waals surface area (Å²) >= 11 is 4.87. The average molecular weight is 473 g/mol. The molecule has 0 radical (unpaired) electrons. The summed E-state index contributed by atoms with van der Waals surface area (Å²) in [6.07, 6.45) is 1.07. The summed E-state index contributed by atoms with van der Waals surface area (Å²) in [6, 6.07) is 13.0. The molecule has 0 N–H and O–H groups in total. The van der Waals surface area contributed by atoms with Gasteiger partial charge in [0, 0.05) is 17.0 Å². The molecule has 0 bridgehead atoms. The number of fused-ring (bicyclic) bond motifs is 3. The van der Waals surface area contributed by atoms with Gasteiger partial charge in [0.05, 0.1) is 18.4 Å². The van der Waals surface area contributed by atoms with Crippen LogP contribution in [0, 0.1) is 0 Å². The summed E-state index contributed by atoms with van der Waals surface area (Å²) in [5.74, 6) is 0.723. The van der Waals surface area contributed by atoms with Crippen LogP contribution in [0.1, 0.15) is 18.7 Å². The summed E-state index contributed by atoms with van der Waals surface area (Å²) < 4.78 is 12.7. The lowest BCUT2D eigenvalue weighted by Crippen LogP contribution is -2.36. The van der Waals surface area contributed by atoms with Crippen molar-refractivity contribution >= 4 is 39.3 Å². The van der Waals surface area contributed by atoms with Gasteiger partial charge in [-0.25, -0.2) is 0 Å². The van der Waals surface area contributed by atoms with Gasteiger partial charge < -0.3 is 9.47 Å². The molecular formula is C20H17BrN4O3S. The fourth-order valence-electron chi connectivity index (χ4n) is 3.24. The van der Waals surface area contributed by atoms with Crippen LogP contribution in [-0.2, 0) is 4.79 Å². The first-order valence-electron chi connectivity index (χ1n) is 8.71. The quantitative estimate of drug-likeness (QED) is 0.520. The van der Waals surface area contributed by atoms with Gasteiger partial charge in [-0.15, -0.1) is 10.2 Å². The van der Waals surface area contributed by atoms with E-state index in [0.717, 1.165) is 10.0 Å². The Hall–Kier alpha value is -2.65. The van der Waals surface area contributed by atoms with E-state index in [0.29, 0.717) is 33.7 Å². The maximum Gasteiger partial charge on any atom is 0.247 e. The third-order valence-electron chi connectivity index (χ3n) is 4.49. The highest BCUT2D eigenvalue weighted by Gasteiger charge is 2.36. The number of carbonyl (C=O) groups is 1. The van der Waals surface area contributed by atoms with Crippen molar-refractivity contribution in [2.24, 2.45) is 0 Å².